The fourth-order valence-electron chi connectivity index (χ4n) is 3.45. The summed E-state index contributed by atoms with van der Waals surface area (Å²) in [4.78, 5) is 16.2. The number of hydrogen-bond acceptors (Lipinski definition) is 3. The minimum absolute atomic E-state index is 0.110. The maximum atomic E-state index is 11.5. The maximum Gasteiger partial charge on any atom is 0.224 e. The van der Waals surface area contributed by atoms with Crippen molar-refractivity contribution in [2.45, 2.75) is 32.2 Å². The van der Waals surface area contributed by atoms with E-state index in [-0.39, 0.29) is 11.9 Å². The molecule has 1 atom stereocenters. The van der Waals surface area contributed by atoms with E-state index in [1.54, 1.807) is 0 Å². The highest BCUT2D eigenvalue weighted by atomic mass is 16.1. The van der Waals surface area contributed by atoms with Gasteiger partial charge in [0, 0.05) is 42.2 Å². The first-order chi connectivity index (χ1) is 12.7. The average molecular weight is 345 g/mol. The number of nitrogens with zero attached hydrogens (tertiary/aromatic N) is 1. The van der Waals surface area contributed by atoms with Gasteiger partial charge in [0.2, 0.25) is 5.91 Å². The van der Waals surface area contributed by atoms with Crippen molar-refractivity contribution in [3.8, 4) is 0 Å². The number of anilines is 1. The van der Waals surface area contributed by atoms with Gasteiger partial charge in [0.25, 0.3) is 0 Å². The number of aromatic nitrogens is 1. The molecule has 2 aromatic carbocycles. The van der Waals surface area contributed by atoms with E-state index in [1.165, 1.54) is 16.5 Å². The molecular formula is C22H23N3O. The van der Waals surface area contributed by atoms with Crippen molar-refractivity contribution >= 4 is 22.5 Å². The van der Waals surface area contributed by atoms with Gasteiger partial charge in [0.05, 0.1) is 5.52 Å². The molecule has 4 nitrogen and oxygen atoms in total. The second-order valence-electron chi connectivity index (χ2n) is 6.89. The van der Waals surface area contributed by atoms with Gasteiger partial charge in [0.15, 0.2) is 0 Å². The van der Waals surface area contributed by atoms with Crippen LogP contribution in [0.4, 0.5) is 5.69 Å². The fraction of sp³-hybridized carbons (Fsp3) is 0.273. The van der Waals surface area contributed by atoms with Crippen LogP contribution in [0.1, 0.15) is 36.2 Å². The predicted molar refractivity (Wildman–Crippen MR) is 105 cm³/mol. The summed E-state index contributed by atoms with van der Waals surface area (Å²) in [5.41, 5.74) is 5.60. The number of rotatable bonds is 5. The van der Waals surface area contributed by atoms with Crippen molar-refractivity contribution in [3.63, 3.8) is 0 Å². The Morgan fingerprint density at radius 3 is 2.92 bits per heavy atom. The van der Waals surface area contributed by atoms with Gasteiger partial charge in [-0.2, -0.15) is 0 Å². The molecule has 0 saturated heterocycles. The number of aryl methyl sites for hydroxylation is 1. The number of pyridine rings is 1. The van der Waals surface area contributed by atoms with Gasteiger partial charge in [0.1, 0.15) is 0 Å². The van der Waals surface area contributed by atoms with Crippen LogP contribution in [0.5, 0.6) is 0 Å². The van der Waals surface area contributed by atoms with Crippen LogP contribution in [0.3, 0.4) is 0 Å². The highest BCUT2D eigenvalue weighted by molar-refractivity contribution is 5.93. The normalized spacial score (nSPS) is 14.7. The highest BCUT2D eigenvalue weighted by Gasteiger charge is 2.16. The van der Waals surface area contributed by atoms with E-state index in [0.29, 0.717) is 6.42 Å². The Morgan fingerprint density at radius 2 is 2.00 bits per heavy atom. The van der Waals surface area contributed by atoms with Gasteiger partial charge in [-0.25, -0.2) is 0 Å². The van der Waals surface area contributed by atoms with Crippen LogP contribution in [0.25, 0.3) is 10.9 Å². The number of nitrogens with one attached hydrogen (secondary N) is 2. The fourth-order valence-corrected chi connectivity index (χ4v) is 3.45. The first-order valence-electron chi connectivity index (χ1n) is 9.20. The summed E-state index contributed by atoms with van der Waals surface area (Å²) >= 11 is 0. The molecule has 0 bridgehead atoms. The number of carbonyl (C=O) groups is 1. The Kier molecular flexibility index (Phi) is 4.67. The Labute approximate surface area is 153 Å². The Bertz CT molecular complexity index is 951. The van der Waals surface area contributed by atoms with Crippen molar-refractivity contribution in [1.29, 1.82) is 0 Å². The molecule has 0 spiro atoms. The second-order valence-corrected chi connectivity index (χ2v) is 6.89. The summed E-state index contributed by atoms with van der Waals surface area (Å²) in [5.74, 6) is 0.110. The summed E-state index contributed by atoms with van der Waals surface area (Å²) < 4.78 is 0. The SMILES string of the molecule is CC(NCCc1ccc2ccccc2n1)c1ccc2c(c1)CCC(=O)N2. The van der Waals surface area contributed by atoms with E-state index in [4.69, 9.17) is 4.98 Å². The third kappa shape index (κ3) is 3.60. The second kappa shape index (κ2) is 7.26. The lowest BCUT2D eigenvalue weighted by Crippen LogP contribution is -2.23. The molecule has 0 saturated carbocycles. The number of para-hydroxylation sites is 1. The molecule has 132 valence electrons. The van der Waals surface area contributed by atoms with Gasteiger partial charge in [-0.05, 0) is 42.7 Å². The molecule has 0 radical (unpaired) electrons. The van der Waals surface area contributed by atoms with E-state index in [2.05, 4.69) is 54.0 Å². The summed E-state index contributed by atoms with van der Waals surface area (Å²) in [7, 11) is 0. The van der Waals surface area contributed by atoms with Crippen molar-refractivity contribution in [3.05, 3.63) is 71.4 Å². The molecule has 3 aromatic rings. The Hall–Kier alpha value is -2.72. The van der Waals surface area contributed by atoms with Gasteiger partial charge in [-0.15, -0.1) is 0 Å². The molecule has 1 unspecified atom stereocenters. The van der Waals surface area contributed by atoms with Crippen LogP contribution in [-0.2, 0) is 17.6 Å². The largest absolute Gasteiger partial charge is 0.326 e. The molecule has 0 fully saturated rings. The van der Waals surface area contributed by atoms with Crippen molar-refractivity contribution in [1.82, 2.24) is 10.3 Å². The molecule has 1 aliphatic heterocycles. The lowest BCUT2D eigenvalue weighted by molar-refractivity contribution is -0.116. The van der Waals surface area contributed by atoms with Crippen LogP contribution < -0.4 is 10.6 Å². The smallest absolute Gasteiger partial charge is 0.224 e. The molecule has 4 heteroatoms. The van der Waals surface area contributed by atoms with Gasteiger partial charge in [-0.3, -0.25) is 9.78 Å². The molecule has 4 rings (SSSR count). The highest BCUT2D eigenvalue weighted by Crippen LogP contribution is 2.26. The van der Waals surface area contributed by atoms with E-state index < -0.39 is 0 Å². The number of carbonyl (C=O) groups excluding carboxylic acids is 1. The zero-order valence-electron chi connectivity index (χ0n) is 15.0. The van der Waals surface area contributed by atoms with E-state index in [9.17, 15) is 4.79 Å². The quantitative estimate of drug-likeness (QED) is 0.734. The van der Waals surface area contributed by atoms with E-state index in [1.807, 2.05) is 18.2 Å². The van der Waals surface area contributed by atoms with Crippen molar-refractivity contribution < 1.29 is 4.79 Å². The van der Waals surface area contributed by atoms with Crippen molar-refractivity contribution in [2.75, 3.05) is 11.9 Å². The molecule has 2 N–H and O–H groups in total. The predicted octanol–water partition coefficient (Wildman–Crippen LogP) is 4.01. The Balaban J connectivity index is 1.37. The summed E-state index contributed by atoms with van der Waals surface area (Å²) in [5, 5.41) is 7.70. The molecule has 1 aliphatic rings. The molecule has 0 aliphatic carbocycles. The minimum Gasteiger partial charge on any atom is -0.326 e. The summed E-state index contributed by atoms with van der Waals surface area (Å²) in [6.45, 7) is 3.05. The van der Waals surface area contributed by atoms with Gasteiger partial charge < -0.3 is 10.6 Å². The molecule has 2 heterocycles. The monoisotopic (exact) mass is 345 g/mol. The number of hydrogen-bond donors (Lipinski definition) is 2. The van der Waals surface area contributed by atoms with Crippen LogP contribution in [0.15, 0.2) is 54.6 Å². The number of benzene rings is 2. The standard InChI is InChI=1S/C22H23N3O/c1-15(17-7-10-21-18(14-17)8-11-22(26)25-21)23-13-12-19-9-6-16-4-2-3-5-20(16)24-19/h2-7,9-10,14-15,23H,8,11-13H2,1H3,(H,25,26). The average Bonchev–Trinajstić information content (AvgIpc) is 2.67. The lowest BCUT2D eigenvalue weighted by atomic mass is 9.98. The van der Waals surface area contributed by atoms with Crippen LogP contribution in [0.2, 0.25) is 0 Å². The first kappa shape index (κ1) is 16.7. The third-order valence-electron chi connectivity index (χ3n) is 5.01. The van der Waals surface area contributed by atoms with Crippen LogP contribution >= 0.6 is 0 Å². The molecule has 1 aromatic heterocycles. The maximum absolute atomic E-state index is 11.5. The van der Waals surface area contributed by atoms with Crippen molar-refractivity contribution in [2.24, 2.45) is 0 Å². The topological polar surface area (TPSA) is 54.0 Å². The summed E-state index contributed by atoms with van der Waals surface area (Å²) in [6.07, 6.45) is 2.30. The van der Waals surface area contributed by atoms with Crippen LogP contribution in [0, 0.1) is 0 Å². The Morgan fingerprint density at radius 1 is 1.12 bits per heavy atom. The number of amides is 1. The lowest BCUT2D eigenvalue weighted by Gasteiger charge is -2.20. The minimum atomic E-state index is 0.110. The van der Waals surface area contributed by atoms with Gasteiger partial charge >= 0.3 is 0 Å². The van der Waals surface area contributed by atoms with Gasteiger partial charge in [-0.1, -0.05) is 36.4 Å². The molecular weight excluding hydrogens is 322 g/mol. The first-order valence-corrected chi connectivity index (χ1v) is 9.20. The van der Waals surface area contributed by atoms with E-state index in [0.717, 1.165) is 36.3 Å². The zero-order chi connectivity index (χ0) is 17.9. The molecule has 1 amide bonds. The summed E-state index contributed by atoms with van der Waals surface area (Å²) in [6, 6.07) is 19.0. The van der Waals surface area contributed by atoms with Crippen LogP contribution in [-0.4, -0.2) is 17.4 Å². The number of fused-ring (bicyclic) bond motifs is 2. The van der Waals surface area contributed by atoms with E-state index >= 15 is 0 Å². The third-order valence-corrected chi connectivity index (χ3v) is 5.01. The molecule has 26 heavy (non-hydrogen) atoms. The zero-order valence-corrected chi connectivity index (χ0v) is 15.0.